The van der Waals surface area contributed by atoms with E-state index in [2.05, 4.69) is 25.8 Å². The fourth-order valence-electron chi connectivity index (χ4n) is 4.29. The number of hydrogen-bond donors (Lipinski definition) is 7. The number of nitrogen functional groups attached to an aromatic ring is 1. The molecule has 4 rings (SSSR count). The van der Waals surface area contributed by atoms with Crippen LogP contribution in [0.15, 0.2) is 39.1 Å². The fourth-order valence-corrected chi connectivity index (χ4v) is 8.71. The summed E-state index contributed by atoms with van der Waals surface area (Å²) in [5.41, 5.74) is 16.4. The Hall–Kier alpha value is -3.56. The first-order valence-corrected chi connectivity index (χ1v) is 17.5. The fraction of sp³-hybridized carbons (Fsp3) is 0.360. The molecule has 0 saturated carbocycles. The van der Waals surface area contributed by atoms with Crippen LogP contribution >= 0.6 is 58.2 Å². The number of primary amides is 1. The number of amides is 4. The highest BCUT2D eigenvalue weighted by Gasteiger charge is 2.54. The number of pyridine rings is 1. The average Bonchev–Trinajstić information content (AvgIpc) is 3.35. The molecule has 0 aromatic carbocycles. The Balaban J connectivity index is 1.37. The Bertz CT molecular complexity index is 1600. The average molecular weight is 730 g/mol. The lowest BCUT2D eigenvalue weighted by Gasteiger charge is -2.49. The second-order valence-electron chi connectivity index (χ2n) is 9.60. The van der Waals surface area contributed by atoms with Crippen molar-refractivity contribution in [2.24, 2.45) is 16.6 Å². The highest BCUT2D eigenvalue weighted by molar-refractivity contribution is 8.06. The molecule has 2 aromatic heterocycles. The van der Waals surface area contributed by atoms with Crippen molar-refractivity contribution in [3.63, 3.8) is 0 Å². The molecule has 1 fully saturated rings. The number of oxime groups is 1. The molecule has 2 aliphatic rings. The lowest BCUT2D eigenvalue weighted by atomic mass is 10.0. The van der Waals surface area contributed by atoms with Gasteiger partial charge in [0.15, 0.2) is 10.8 Å². The van der Waals surface area contributed by atoms with Crippen molar-refractivity contribution in [3.8, 4) is 0 Å². The van der Waals surface area contributed by atoms with Gasteiger partial charge in [-0.2, -0.15) is 11.8 Å². The minimum absolute atomic E-state index is 0.0194. The van der Waals surface area contributed by atoms with Gasteiger partial charge in [0.2, 0.25) is 11.8 Å². The van der Waals surface area contributed by atoms with Crippen LogP contribution in [0.1, 0.15) is 24.1 Å². The van der Waals surface area contributed by atoms with Crippen molar-refractivity contribution in [1.82, 2.24) is 25.5 Å². The van der Waals surface area contributed by atoms with Gasteiger partial charge >= 0.3 is 5.97 Å². The van der Waals surface area contributed by atoms with E-state index in [-0.39, 0.29) is 45.4 Å². The summed E-state index contributed by atoms with van der Waals surface area (Å²) in [6.45, 7) is 0.341. The quantitative estimate of drug-likeness (QED) is 0.0430. The maximum absolute atomic E-state index is 13.1. The van der Waals surface area contributed by atoms with Gasteiger partial charge < -0.3 is 38.1 Å². The van der Waals surface area contributed by atoms with Gasteiger partial charge in [0.05, 0.1) is 6.04 Å². The number of aliphatic carboxylic acids is 1. The summed E-state index contributed by atoms with van der Waals surface area (Å²) < 4.78 is 0.0194. The second kappa shape index (κ2) is 15.8. The van der Waals surface area contributed by atoms with E-state index >= 15 is 0 Å². The van der Waals surface area contributed by atoms with Gasteiger partial charge in [0.25, 0.3) is 11.8 Å². The Morgan fingerprint density at radius 1 is 1.30 bits per heavy atom. The standard InChI is InChI=1S/C25H28ClN9O7S4/c26-19-15(33-25(29)46-19)16(34-42)21(38)32-17-22(39)35-18(24(40)41)13(9-44-23(17)35)45-12-3-4-30-7-10(12)8-43-6-5-31-20(37)11(27)1-2-14(28)36/h3-4,7,11,17,23,42H,1-2,5-6,8-9,27H2,(H2,28,36)(H2,29,33)(H,31,37)(H,32,38)(H,40,41)/b34-16-/t11-,17+,23-/m0/s1. The molecule has 3 atom stereocenters. The third-order valence-electron chi connectivity index (χ3n) is 6.50. The smallest absolute Gasteiger partial charge is 0.353 e. The molecule has 0 radical (unpaired) electrons. The summed E-state index contributed by atoms with van der Waals surface area (Å²) in [6, 6.07) is -0.172. The van der Waals surface area contributed by atoms with Gasteiger partial charge in [-0.3, -0.25) is 29.1 Å². The number of aromatic nitrogens is 2. The number of thiazole rings is 1. The van der Waals surface area contributed by atoms with Gasteiger partial charge in [-0.15, -0.1) is 11.8 Å². The van der Waals surface area contributed by atoms with E-state index in [1.165, 1.54) is 35.3 Å². The Morgan fingerprint density at radius 3 is 2.72 bits per heavy atom. The molecule has 0 aliphatic carbocycles. The highest BCUT2D eigenvalue weighted by atomic mass is 35.5. The molecule has 46 heavy (non-hydrogen) atoms. The molecular weight excluding hydrogens is 702 g/mol. The monoisotopic (exact) mass is 729 g/mol. The first kappa shape index (κ1) is 35.3. The van der Waals surface area contributed by atoms with Crippen LogP contribution in [-0.2, 0) is 29.7 Å². The van der Waals surface area contributed by atoms with Gasteiger partial charge in [-0.25, -0.2) is 9.78 Å². The molecule has 4 amide bonds. The van der Waals surface area contributed by atoms with Gasteiger partial charge in [-0.1, -0.05) is 39.9 Å². The molecule has 2 aromatic rings. The zero-order valence-electron chi connectivity index (χ0n) is 23.7. The number of rotatable bonds is 15. The molecule has 246 valence electrons. The van der Waals surface area contributed by atoms with Crippen LogP contribution in [0.2, 0.25) is 4.34 Å². The summed E-state index contributed by atoms with van der Waals surface area (Å²) in [6.07, 6.45) is 3.42. The first-order chi connectivity index (χ1) is 21.9. The number of carboxylic acids is 1. The predicted octanol–water partition coefficient (Wildman–Crippen LogP) is 0.383. The topological polar surface area (TPSA) is 269 Å². The number of carbonyl (C=O) groups is 5. The lowest BCUT2D eigenvalue weighted by Crippen LogP contribution is -2.71. The number of nitrogens with two attached hydrogens (primary N) is 3. The van der Waals surface area contributed by atoms with Gasteiger partial charge in [-0.05, 0) is 18.1 Å². The zero-order chi connectivity index (χ0) is 33.5. The maximum Gasteiger partial charge on any atom is 0.353 e. The molecule has 4 heterocycles. The number of hydrogen-bond acceptors (Lipinski definition) is 15. The maximum atomic E-state index is 13.1. The summed E-state index contributed by atoms with van der Waals surface area (Å²) in [5, 5.41) is 27.0. The van der Waals surface area contributed by atoms with E-state index in [9.17, 15) is 34.3 Å². The van der Waals surface area contributed by atoms with Crippen LogP contribution < -0.4 is 27.8 Å². The van der Waals surface area contributed by atoms with Crippen LogP contribution in [0.3, 0.4) is 0 Å². The SMILES string of the molecule is NC(=O)CC[C@H](N)C(=O)NCCSCc1cnccc1SC1=C(C(=O)O)N2C(=O)[C@@H](NC(=O)/C(=N\O)c3nc(N)sc3Cl)[C@@H]2SC1. The number of halogens is 1. The third-order valence-corrected chi connectivity index (χ3v) is 11.3. The number of carboxylic acid groups (broad SMARTS) is 1. The zero-order valence-corrected chi connectivity index (χ0v) is 27.7. The Morgan fingerprint density at radius 2 is 2.07 bits per heavy atom. The van der Waals surface area contributed by atoms with Crippen LogP contribution in [0, 0.1) is 0 Å². The normalized spacial score (nSPS) is 18.4. The van der Waals surface area contributed by atoms with E-state index in [0.29, 0.717) is 23.0 Å². The largest absolute Gasteiger partial charge is 0.477 e. The number of carbonyl (C=O) groups excluding carboxylic acids is 4. The number of nitrogens with zero attached hydrogens (tertiary/aromatic N) is 4. The van der Waals surface area contributed by atoms with E-state index < -0.39 is 46.9 Å². The molecular formula is C25H28ClN9O7S4. The number of fused-ring (bicyclic) bond motifs is 1. The molecule has 16 nitrogen and oxygen atoms in total. The van der Waals surface area contributed by atoms with Crippen LogP contribution in [-0.4, -0.2) is 96.0 Å². The number of β-lactam (4-membered cyclic amide) rings is 1. The summed E-state index contributed by atoms with van der Waals surface area (Å²) in [7, 11) is 0. The van der Waals surface area contributed by atoms with Crippen molar-refractivity contribution in [1.29, 1.82) is 0 Å². The molecule has 0 bridgehead atoms. The number of nitrogens with one attached hydrogen (secondary N) is 2. The number of thioether (sulfide) groups is 3. The third kappa shape index (κ3) is 8.23. The molecule has 1 saturated heterocycles. The summed E-state index contributed by atoms with van der Waals surface area (Å²) in [5.74, 6) is -2.50. The molecule has 0 spiro atoms. The van der Waals surface area contributed by atoms with E-state index in [1.807, 2.05) is 0 Å². The Labute approximate surface area is 283 Å². The predicted molar refractivity (Wildman–Crippen MR) is 175 cm³/mol. The van der Waals surface area contributed by atoms with E-state index in [4.69, 9.17) is 28.8 Å². The second-order valence-corrected chi connectivity index (χ2v) is 14.6. The van der Waals surface area contributed by atoms with Crippen LogP contribution in [0.4, 0.5) is 5.13 Å². The van der Waals surface area contributed by atoms with Crippen molar-refractivity contribution in [3.05, 3.63) is 44.7 Å². The Kier molecular flexibility index (Phi) is 12.1. The van der Waals surface area contributed by atoms with Crippen molar-refractivity contribution < 1.29 is 34.3 Å². The molecule has 21 heteroatoms. The number of anilines is 1. The van der Waals surface area contributed by atoms with Gasteiger partial charge in [0, 0.05) is 52.4 Å². The van der Waals surface area contributed by atoms with Crippen molar-refractivity contribution in [2.75, 3.05) is 23.8 Å². The summed E-state index contributed by atoms with van der Waals surface area (Å²) in [4.78, 5) is 71.7. The van der Waals surface area contributed by atoms with Crippen molar-refractivity contribution in [2.45, 2.75) is 40.9 Å². The molecule has 10 N–H and O–H groups in total. The minimum Gasteiger partial charge on any atom is -0.477 e. The highest BCUT2D eigenvalue weighted by Crippen LogP contribution is 2.46. The van der Waals surface area contributed by atoms with E-state index in [1.54, 1.807) is 18.5 Å². The van der Waals surface area contributed by atoms with Crippen LogP contribution in [0.25, 0.3) is 0 Å². The van der Waals surface area contributed by atoms with Crippen molar-refractivity contribution >= 4 is 98.7 Å². The lowest BCUT2D eigenvalue weighted by molar-refractivity contribution is -0.150. The first-order valence-electron chi connectivity index (χ1n) is 13.3. The molecule has 0 unspecified atom stereocenters. The summed E-state index contributed by atoms with van der Waals surface area (Å²) >= 11 is 10.9. The van der Waals surface area contributed by atoms with Crippen LogP contribution in [0.5, 0.6) is 0 Å². The molecule has 2 aliphatic heterocycles. The minimum atomic E-state index is -1.30. The van der Waals surface area contributed by atoms with Gasteiger partial charge in [0.1, 0.15) is 27.1 Å². The van der Waals surface area contributed by atoms with E-state index in [0.717, 1.165) is 26.7 Å².